The molecule has 0 amide bonds. The Bertz CT molecular complexity index is 374. The minimum atomic E-state index is -4.32. The van der Waals surface area contributed by atoms with E-state index in [4.69, 9.17) is 4.74 Å². The van der Waals surface area contributed by atoms with Crippen molar-refractivity contribution >= 4 is 0 Å². The molecule has 1 N–H and O–H groups in total. The number of aliphatic hydroxyl groups excluding tert-OH is 1. The molecule has 0 bridgehead atoms. The van der Waals surface area contributed by atoms with Gasteiger partial charge in [-0.3, -0.25) is 0 Å². The average molecular weight is 252 g/mol. The fourth-order valence-electron chi connectivity index (χ4n) is 1.26. The van der Waals surface area contributed by atoms with Crippen molar-refractivity contribution in [2.75, 3.05) is 6.61 Å². The summed E-state index contributed by atoms with van der Waals surface area (Å²) in [5.74, 6) is -0.694. The monoisotopic (exact) mass is 252 g/mol. The molecule has 0 saturated heterocycles. The van der Waals surface area contributed by atoms with Crippen molar-refractivity contribution in [3.8, 4) is 5.75 Å². The van der Waals surface area contributed by atoms with E-state index in [1.54, 1.807) is 0 Å². The van der Waals surface area contributed by atoms with Crippen LogP contribution in [-0.2, 0) is 0 Å². The molecule has 1 rings (SSSR count). The highest BCUT2D eigenvalue weighted by molar-refractivity contribution is 5.35. The van der Waals surface area contributed by atoms with Crippen LogP contribution < -0.4 is 4.74 Å². The van der Waals surface area contributed by atoms with Crippen LogP contribution in [0, 0.1) is 5.82 Å². The lowest BCUT2D eigenvalue weighted by Crippen LogP contribution is -2.13. The maximum absolute atomic E-state index is 12.9. The first-order valence-corrected chi connectivity index (χ1v) is 4.96. The summed E-state index contributed by atoms with van der Waals surface area (Å²) in [6.07, 6.45) is -6.38. The van der Waals surface area contributed by atoms with Gasteiger partial charge in [0.1, 0.15) is 11.6 Å². The van der Waals surface area contributed by atoms with Crippen LogP contribution in [0.2, 0.25) is 0 Å². The van der Waals surface area contributed by atoms with E-state index in [-0.39, 0.29) is 11.3 Å². The minimum Gasteiger partial charge on any atom is -0.493 e. The highest BCUT2D eigenvalue weighted by Crippen LogP contribution is 2.27. The molecular weight excluding hydrogens is 240 g/mol. The normalized spacial score (nSPS) is 13.5. The largest absolute Gasteiger partial charge is 0.493 e. The topological polar surface area (TPSA) is 29.5 Å². The van der Waals surface area contributed by atoms with Crippen molar-refractivity contribution < 1.29 is 27.4 Å². The van der Waals surface area contributed by atoms with Gasteiger partial charge in [-0.25, -0.2) is 4.39 Å². The van der Waals surface area contributed by atoms with Crippen LogP contribution in [0.4, 0.5) is 17.6 Å². The van der Waals surface area contributed by atoms with Gasteiger partial charge in [0, 0.05) is 11.6 Å². The second-order valence-corrected chi connectivity index (χ2v) is 3.57. The maximum Gasteiger partial charge on any atom is 0.392 e. The fourth-order valence-corrected chi connectivity index (χ4v) is 1.26. The highest BCUT2D eigenvalue weighted by atomic mass is 19.4. The molecule has 96 valence electrons. The number of hydrogen-bond acceptors (Lipinski definition) is 2. The van der Waals surface area contributed by atoms with E-state index in [9.17, 15) is 22.7 Å². The van der Waals surface area contributed by atoms with Crippen LogP contribution in [-0.4, -0.2) is 17.9 Å². The number of hydrogen-bond donors (Lipinski definition) is 1. The third-order valence-electron chi connectivity index (χ3n) is 2.07. The Labute approximate surface area is 95.8 Å². The zero-order chi connectivity index (χ0) is 13.1. The summed E-state index contributed by atoms with van der Waals surface area (Å²) in [6, 6.07) is 3.35. The van der Waals surface area contributed by atoms with Crippen molar-refractivity contribution in [3.05, 3.63) is 29.6 Å². The lowest BCUT2D eigenvalue weighted by molar-refractivity contribution is -0.139. The first-order chi connectivity index (χ1) is 7.79. The molecule has 0 spiro atoms. The van der Waals surface area contributed by atoms with Crippen molar-refractivity contribution in [1.82, 2.24) is 0 Å². The lowest BCUT2D eigenvalue weighted by atomic mass is 10.1. The third-order valence-corrected chi connectivity index (χ3v) is 2.07. The Morgan fingerprint density at radius 3 is 2.53 bits per heavy atom. The van der Waals surface area contributed by atoms with Gasteiger partial charge in [-0.15, -0.1) is 0 Å². The standard InChI is InChI=1S/C11H12F4O2/c1-7(16)9-3-2-8(12)6-10(9)17-5-4-11(13,14)15/h2-3,6-7,16H,4-5H2,1H3. The van der Waals surface area contributed by atoms with E-state index in [0.717, 1.165) is 12.1 Å². The number of rotatable bonds is 4. The number of halogens is 4. The molecule has 2 nitrogen and oxygen atoms in total. The number of benzene rings is 1. The molecule has 0 fully saturated rings. The van der Waals surface area contributed by atoms with Gasteiger partial charge < -0.3 is 9.84 Å². The van der Waals surface area contributed by atoms with Gasteiger partial charge in [-0.05, 0) is 19.1 Å². The number of alkyl halides is 3. The van der Waals surface area contributed by atoms with E-state index in [2.05, 4.69) is 0 Å². The van der Waals surface area contributed by atoms with Crippen LogP contribution >= 0.6 is 0 Å². The van der Waals surface area contributed by atoms with Crippen LogP contribution in [0.5, 0.6) is 5.75 Å². The highest BCUT2D eigenvalue weighted by Gasteiger charge is 2.27. The first-order valence-electron chi connectivity index (χ1n) is 4.96. The number of aliphatic hydroxyl groups is 1. The molecule has 1 aromatic rings. The molecule has 1 unspecified atom stereocenters. The molecule has 0 radical (unpaired) electrons. The molecule has 0 aliphatic heterocycles. The molecule has 0 aliphatic carbocycles. The summed E-state index contributed by atoms with van der Waals surface area (Å²) >= 11 is 0. The Morgan fingerprint density at radius 2 is 2.00 bits per heavy atom. The Kier molecular flexibility index (Phi) is 4.34. The summed E-state index contributed by atoms with van der Waals surface area (Å²) in [7, 11) is 0. The van der Waals surface area contributed by atoms with Crippen LogP contribution in [0.3, 0.4) is 0 Å². The Morgan fingerprint density at radius 1 is 1.35 bits per heavy atom. The second kappa shape index (κ2) is 5.35. The SMILES string of the molecule is CC(O)c1ccc(F)cc1OCCC(F)(F)F. The predicted octanol–water partition coefficient (Wildman–Crippen LogP) is 3.21. The minimum absolute atomic E-state index is 0.0655. The van der Waals surface area contributed by atoms with E-state index < -0.39 is 31.1 Å². The summed E-state index contributed by atoms with van der Waals surface area (Å²) in [4.78, 5) is 0. The molecular formula is C11H12F4O2. The summed E-state index contributed by atoms with van der Waals surface area (Å²) in [5.41, 5.74) is 0.258. The Hall–Kier alpha value is -1.30. The smallest absolute Gasteiger partial charge is 0.392 e. The van der Waals surface area contributed by atoms with Crippen LogP contribution in [0.15, 0.2) is 18.2 Å². The fraction of sp³-hybridized carbons (Fsp3) is 0.455. The molecule has 0 heterocycles. The Balaban J connectivity index is 2.72. The van der Waals surface area contributed by atoms with E-state index in [0.29, 0.717) is 0 Å². The van der Waals surface area contributed by atoms with E-state index in [1.807, 2.05) is 0 Å². The van der Waals surface area contributed by atoms with Crippen molar-refractivity contribution in [2.24, 2.45) is 0 Å². The molecule has 1 atom stereocenters. The van der Waals surface area contributed by atoms with Gasteiger partial charge in [0.2, 0.25) is 0 Å². The van der Waals surface area contributed by atoms with Crippen LogP contribution in [0.1, 0.15) is 25.0 Å². The number of ether oxygens (including phenoxy) is 1. The molecule has 1 aromatic carbocycles. The van der Waals surface area contributed by atoms with E-state index >= 15 is 0 Å². The van der Waals surface area contributed by atoms with Gasteiger partial charge in [0.15, 0.2) is 0 Å². The molecule has 17 heavy (non-hydrogen) atoms. The van der Waals surface area contributed by atoms with Gasteiger partial charge >= 0.3 is 6.18 Å². The van der Waals surface area contributed by atoms with Gasteiger partial charge in [-0.2, -0.15) is 13.2 Å². The molecule has 0 aliphatic rings. The van der Waals surface area contributed by atoms with Gasteiger partial charge in [-0.1, -0.05) is 0 Å². The van der Waals surface area contributed by atoms with Crippen molar-refractivity contribution in [1.29, 1.82) is 0 Å². The average Bonchev–Trinajstić information content (AvgIpc) is 2.15. The summed E-state index contributed by atoms with van der Waals surface area (Å²) in [5, 5.41) is 9.33. The zero-order valence-corrected chi connectivity index (χ0v) is 9.09. The van der Waals surface area contributed by atoms with Crippen LogP contribution in [0.25, 0.3) is 0 Å². The zero-order valence-electron chi connectivity index (χ0n) is 9.09. The van der Waals surface area contributed by atoms with Gasteiger partial charge in [0.25, 0.3) is 0 Å². The quantitative estimate of drug-likeness (QED) is 0.834. The van der Waals surface area contributed by atoms with Crippen molar-refractivity contribution in [2.45, 2.75) is 25.6 Å². The summed E-state index contributed by atoms with van der Waals surface area (Å²) in [6.45, 7) is 0.816. The maximum atomic E-state index is 12.9. The molecule has 0 saturated carbocycles. The lowest BCUT2D eigenvalue weighted by Gasteiger charge is -2.14. The molecule has 6 heteroatoms. The van der Waals surface area contributed by atoms with Gasteiger partial charge in [0.05, 0.1) is 19.1 Å². The summed E-state index contributed by atoms with van der Waals surface area (Å²) < 4.78 is 53.4. The first kappa shape index (κ1) is 13.8. The third kappa shape index (κ3) is 4.60. The van der Waals surface area contributed by atoms with E-state index in [1.165, 1.54) is 13.0 Å². The predicted molar refractivity (Wildman–Crippen MR) is 53.2 cm³/mol. The van der Waals surface area contributed by atoms with Crippen molar-refractivity contribution in [3.63, 3.8) is 0 Å². The second-order valence-electron chi connectivity index (χ2n) is 3.57. The molecule has 0 aromatic heterocycles.